The van der Waals surface area contributed by atoms with Gasteiger partial charge in [-0.3, -0.25) is 0 Å². The lowest BCUT2D eigenvalue weighted by atomic mass is 10.1. The van der Waals surface area contributed by atoms with Crippen LogP contribution in [0.1, 0.15) is 17.6 Å². The van der Waals surface area contributed by atoms with Gasteiger partial charge < -0.3 is 0 Å². The Morgan fingerprint density at radius 1 is 1.50 bits per heavy atom. The van der Waals surface area contributed by atoms with E-state index in [0.29, 0.717) is 6.20 Å². The Balaban J connectivity index is 3.65. The van der Waals surface area contributed by atoms with Crippen LogP contribution in [0.5, 0.6) is 0 Å². The van der Waals surface area contributed by atoms with Crippen molar-refractivity contribution in [3.05, 3.63) is 23.1 Å². The molecule has 0 unspecified atom stereocenters. The van der Waals surface area contributed by atoms with Crippen molar-refractivity contribution in [1.82, 2.24) is 4.98 Å². The lowest BCUT2D eigenvalue weighted by Gasteiger charge is -2.06. The number of sulfonamides is 1. The minimum absolute atomic E-state index is 0.532. The first-order valence-electron chi connectivity index (χ1n) is 3.68. The van der Waals surface area contributed by atoms with Gasteiger partial charge in [0.1, 0.15) is 6.07 Å². The number of primary sulfonamides is 1. The SMILES string of the molecule is N#Cc1cnc(S(N)(=O)=O)c(F)c1C(F)F. The van der Waals surface area contributed by atoms with Crippen LogP contribution in [0.3, 0.4) is 0 Å². The van der Waals surface area contributed by atoms with Crippen molar-refractivity contribution >= 4 is 10.0 Å². The third kappa shape index (κ3) is 2.12. The van der Waals surface area contributed by atoms with Crippen molar-refractivity contribution in [3.8, 4) is 6.07 Å². The molecule has 0 fully saturated rings. The fraction of sp³-hybridized carbons (Fsp3) is 0.143. The molecule has 0 aromatic carbocycles. The number of alkyl halides is 2. The van der Waals surface area contributed by atoms with Gasteiger partial charge in [-0.1, -0.05) is 0 Å². The molecule has 5 nitrogen and oxygen atoms in total. The van der Waals surface area contributed by atoms with Crippen LogP contribution in [-0.4, -0.2) is 13.4 Å². The van der Waals surface area contributed by atoms with Crippen LogP contribution in [0, 0.1) is 17.1 Å². The number of hydrogen-bond donors (Lipinski definition) is 1. The molecule has 0 aliphatic carbocycles. The maximum atomic E-state index is 13.3. The fourth-order valence-electron chi connectivity index (χ4n) is 0.984. The second-order valence-electron chi connectivity index (χ2n) is 2.66. The van der Waals surface area contributed by atoms with Gasteiger partial charge in [0.2, 0.25) is 5.03 Å². The topological polar surface area (TPSA) is 96.8 Å². The highest BCUT2D eigenvalue weighted by Gasteiger charge is 2.27. The predicted molar refractivity (Wildman–Crippen MR) is 45.2 cm³/mol. The zero-order valence-electron chi connectivity index (χ0n) is 7.49. The van der Waals surface area contributed by atoms with Crippen LogP contribution in [0.2, 0.25) is 0 Å². The molecule has 0 radical (unpaired) electrons. The van der Waals surface area contributed by atoms with Crippen LogP contribution in [0.15, 0.2) is 11.2 Å². The molecule has 0 saturated carbocycles. The van der Waals surface area contributed by atoms with Crippen LogP contribution in [0.25, 0.3) is 0 Å². The van der Waals surface area contributed by atoms with Crippen molar-refractivity contribution < 1.29 is 21.6 Å². The highest BCUT2D eigenvalue weighted by molar-refractivity contribution is 7.89. The zero-order valence-corrected chi connectivity index (χ0v) is 8.30. The average Bonchev–Trinajstić information content (AvgIpc) is 2.14. The van der Waals surface area contributed by atoms with E-state index in [2.05, 4.69) is 10.1 Å². The molecule has 0 aliphatic rings. The molecular weight excluding hydrogens is 247 g/mol. The summed E-state index contributed by atoms with van der Waals surface area (Å²) in [5.41, 5.74) is -2.05. The Labute approximate surface area is 88.4 Å². The van der Waals surface area contributed by atoms with Crippen molar-refractivity contribution in [2.75, 3.05) is 0 Å². The van der Waals surface area contributed by atoms with E-state index in [-0.39, 0.29) is 0 Å². The summed E-state index contributed by atoms with van der Waals surface area (Å²) in [5.74, 6) is -1.79. The minimum Gasteiger partial charge on any atom is -0.239 e. The minimum atomic E-state index is -4.54. The summed E-state index contributed by atoms with van der Waals surface area (Å²) in [7, 11) is -4.54. The summed E-state index contributed by atoms with van der Waals surface area (Å²) in [6.07, 6.45) is -2.80. The summed E-state index contributed by atoms with van der Waals surface area (Å²) < 4.78 is 59.6. The van der Waals surface area contributed by atoms with Crippen molar-refractivity contribution in [2.45, 2.75) is 11.5 Å². The Hall–Kier alpha value is -1.66. The van der Waals surface area contributed by atoms with E-state index >= 15 is 0 Å². The zero-order chi connectivity index (χ0) is 12.5. The first-order chi connectivity index (χ1) is 7.29. The van der Waals surface area contributed by atoms with E-state index in [9.17, 15) is 21.6 Å². The molecule has 9 heteroatoms. The molecule has 1 aromatic heterocycles. The van der Waals surface area contributed by atoms with E-state index in [1.165, 1.54) is 6.07 Å². The fourth-order valence-corrected chi connectivity index (χ4v) is 1.54. The highest BCUT2D eigenvalue weighted by Crippen LogP contribution is 2.27. The molecule has 1 heterocycles. The quantitative estimate of drug-likeness (QED) is 0.835. The maximum absolute atomic E-state index is 13.3. The van der Waals surface area contributed by atoms with Crippen molar-refractivity contribution in [3.63, 3.8) is 0 Å². The van der Waals surface area contributed by atoms with Gasteiger partial charge in [0.25, 0.3) is 16.4 Å². The number of aromatic nitrogens is 1. The van der Waals surface area contributed by atoms with Gasteiger partial charge in [0.15, 0.2) is 5.82 Å². The Morgan fingerprint density at radius 2 is 2.06 bits per heavy atom. The van der Waals surface area contributed by atoms with Crippen molar-refractivity contribution in [2.24, 2.45) is 5.14 Å². The summed E-state index contributed by atoms with van der Waals surface area (Å²) in [6.45, 7) is 0. The molecule has 1 rings (SSSR count). The summed E-state index contributed by atoms with van der Waals surface area (Å²) in [4.78, 5) is 3.02. The second kappa shape index (κ2) is 4.07. The molecular formula is C7H4F3N3O2S. The van der Waals surface area contributed by atoms with Crippen LogP contribution in [0.4, 0.5) is 13.2 Å². The molecule has 1 aromatic rings. The normalized spacial score (nSPS) is 11.5. The molecule has 2 N–H and O–H groups in total. The number of nitriles is 1. The Morgan fingerprint density at radius 3 is 2.44 bits per heavy atom. The first kappa shape index (κ1) is 12.4. The number of nitrogens with zero attached hydrogens (tertiary/aromatic N) is 2. The third-order valence-corrected chi connectivity index (χ3v) is 2.46. The van der Waals surface area contributed by atoms with Crippen molar-refractivity contribution in [1.29, 1.82) is 5.26 Å². The van der Waals surface area contributed by atoms with E-state index < -0.39 is 38.4 Å². The van der Waals surface area contributed by atoms with E-state index in [1.54, 1.807) is 0 Å². The molecule has 0 amide bonds. The molecule has 0 spiro atoms. The lowest BCUT2D eigenvalue weighted by Crippen LogP contribution is -2.17. The van der Waals surface area contributed by atoms with E-state index in [4.69, 9.17) is 5.26 Å². The van der Waals surface area contributed by atoms with Gasteiger partial charge >= 0.3 is 0 Å². The Bertz CT molecular complexity index is 565. The smallest absolute Gasteiger partial charge is 0.239 e. The highest BCUT2D eigenvalue weighted by atomic mass is 32.2. The van der Waals surface area contributed by atoms with Gasteiger partial charge in [-0.05, 0) is 0 Å². The molecule has 86 valence electrons. The third-order valence-electron chi connectivity index (χ3n) is 1.63. The van der Waals surface area contributed by atoms with E-state index in [1.807, 2.05) is 0 Å². The monoisotopic (exact) mass is 251 g/mol. The predicted octanol–water partition coefficient (Wildman–Crippen LogP) is 0.677. The number of halogens is 3. The van der Waals surface area contributed by atoms with Crippen LogP contribution < -0.4 is 5.14 Å². The molecule has 0 aliphatic heterocycles. The number of pyridine rings is 1. The number of nitrogens with two attached hydrogens (primary N) is 1. The summed E-state index contributed by atoms with van der Waals surface area (Å²) in [5, 5.41) is 11.7. The number of hydrogen-bond acceptors (Lipinski definition) is 4. The molecule has 0 saturated heterocycles. The molecule has 0 bridgehead atoms. The van der Waals surface area contributed by atoms with Gasteiger partial charge in [-0.15, -0.1) is 0 Å². The Kier molecular flexibility index (Phi) is 3.16. The molecule has 0 atom stereocenters. The van der Waals surface area contributed by atoms with Crippen LogP contribution in [-0.2, 0) is 10.0 Å². The van der Waals surface area contributed by atoms with Crippen LogP contribution >= 0.6 is 0 Å². The summed E-state index contributed by atoms with van der Waals surface area (Å²) >= 11 is 0. The van der Waals surface area contributed by atoms with Gasteiger partial charge in [-0.25, -0.2) is 31.7 Å². The van der Waals surface area contributed by atoms with Gasteiger partial charge in [-0.2, -0.15) is 5.26 Å². The second-order valence-corrected chi connectivity index (χ2v) is 4.14. The largest absolute Gasteiger partial charge is 0.268 e. The summed E-state index contributed by atoms with van der Waals surface area (Å²) in [6, 6.07) is 1.28. The number of rotatable bonds is 2. The van der Waals surface area contributed by atoms with Gasteiger partial charge in [0.05, 0.1) is 11.1 Å². The molecule has 16 heavy (non-hydrogen) atoms. The standard InChI is InChI=1S/C7H4F3N3O2S/c8-5-4(6(9)10)3(1-11)2-13-7(5)16(12,14)15/h2,6H,(H2,12,14,15). The van der Waals surface area contributed by atoms with Gasteiger partial charge in [0, 0.05) is 6.20 Å². The lowest BCUT2D eigenvalue weighted by molar-refractivity contribution is 0.145. The maximum Gasteiger partial charge on any atom is 0.268 e. The average molecular weight is 251 g/mol. The van der Waals surface area contributed by atoms with E-state index in [0.717, 1.165) is 0 Å². The first-order valence-corrected chi connectivity index (χ1v) is 5.23.